The topological polar surface area (TPSA) is 87.8 Å². The summed E-state index contributed by atoms with van der Waals surface area (Å²) in [6.07, 6.45) is 1.14. The van der Waals surface area contributed by atoms with Crippen LogP contribution in [0, 0.1) is 0 Å². The molecule has 6 nitrogen and oxygen atoms in total. The molecule has 1 unspecified atom stereocenters. The smallest absolute Gasteiger partial charge is 0.210 e. The number of halogens is 1. The lowest BCUT2D eigenvalue weighted by atomic mass is 10.3. The van der Waals surface area contributed by atoms with E-state index in [1.54, 1.807) is 0 Å². The van der Waals surface area contributed by atoms with Crippen molar-refractivity contribution in [2.45, 2.75) is 25.5 Å². The van der Waals surface area contributed by atoms with Crippen LogP contribution in [0.3, 0.4) is 0 Å². The molecule has 0 spiro atoms. The van der Waals surface area contributed by atoms with Crippen molar-refractivity contribution in [3.05, 3.63) is 0 Å². The highest BCUT2D eigenvalue weighted by Crippen LogP contribution is 2.20. The second kappa shape index (κ2) is 10.1. The van der Waals surface area contributed by atoms with Crippen molar-refractivity contribution in [2.75, 3.05) is 37.7 Å². The largest absolute Gasteiger partial charge is 0.357 e. The molecule has 120 valence electrons. The number of nitrogens with one attached hydrogen (secondary N) is 1. The van der Waals surface area contributed by atoms with Crippen molar-refractivity contribution < 1.29 is 8.42 Å². The minimum absolute atomic E-state index is 0. The number of hydrogen-bond acceptors (Lipinski definition) is 4. The number of thioether (sulfide) groups is 1. The first kappa shape index (κ1) is 20.3. The molecule has 0 aromatic carbocycles. The average molecular weight is 436 g/mol. The number of sulfonamides is 1. The van der Waals surface area contributed by atoms with Gasteiger partial charge in [0.2, 0.25) is 10.0 Å². The van der Waals surface area contributed by atoms with E-state index < -0.39 is 10.0 Å². The Hall–Kier alpha value is 0.260. The summed E-state index contributed by atoms with van der Waals surface area (Å²) in [4.78, 5) is 6.56. The molecule has 0 saturated carbocycles. The zero-order valence-corrected chi connectivity index (χ0v) is 16.0. The Labute approximate surface area is 143 Å². The normalized spacial score (nSPS) is 20.4. The van der Waals surface area contributed by atoms with Gasteiger partial charge in [-0.15, -0.1) is 24.0 Å². The molecule has 1 fully saturated rings. The molecule has 0 bridgehead atoms. The zero-order valence-electron chi connectivity index (χ0n) is 12.0. The molecule has 1 atom stereocenters. The van der Waals surface area contributed by atoms with E-state index in [2.05, 4.69) is 22.1 Å². The molecule has 1 aliphatic rings. The van der Waals surface area contributed by atoms with Gasteiger partial charge in [0.25, 0.3) is 0 Å². The minimum atomic E-state index is -3.44. The molecule has 0 radical (unpaired) electrons. The first-order chi connectivity index (χ1) is 8.96. The number of primary sulfonamides is 1. The Morgan fingerprint density at radius 2 is 2.20 bits per heavy atom. The Balaban J connectivity index is 0.00000361. The van der Waals surface area contributed by atoms with E-state index in [1.807, 2.05) is 18.7 Å². The van der Waals surface area contributed by atoms with Crippen LogP contribution in [0.4, 0.5) is 0 Å². The number of guanidine groups is 1. The summed E-state index contributed by atoms with van der Waals surface area (Å²) in [5.41, 5.74) is 0. The van der Waals surface area contributed by atoms with Crippen LogP contribution < -0.4 is 10.5 Å². The molecule has 1 heterocycles. The van der Waals surface area contributed by atoms with E-state index in [-0.39, 0.29) is 36.3 Å². The lowest BCUT2D eigenvalue weighted by Crippen LogP contribution is -2.48. The van der Waals surface area contributed by atoms with Crippen LogP contribution in [0.15, 0.2) is 4.99 Å². The quantitative estimate of drug-likeness (QED) is 0.376. The van der Waals surface area contributed by atoms with Crippen molar-refractivity contribution in [3.8, 4) is 0 Å². The van der Waals surface area contributed by atoms with E-state index >= 15 is 0 Å². The fraction of sp³-hybridized carbons (Fsp3) is 0.909. The van der Waals surface area contributed by atoms with Crippen LogP contribution >= 0.6 is 35.7 Å². The molecule has 9 heteroatoms. The molecule has 1 aliphatic heterocycles. The standard InChI is InChI=1S/C11H24N4O2S2.HI/c1-3-10-9-15(6-7-18-10)11(13-4-2)14-5-8-19(12,16)17;/h10H,3-9H2,1-2H3,(H,13,14)(H2,12,16,17);1H. The van der Waals surface area contributed by atoms with Crippen molar-refractivity contribution in [1.82, 2.24) is 10.2 Å². The lowest BCUT2D eigenvalue weighted by Gasteiger charge is -2.34. The Bertz CT molecular complexity index is 403. The maximum Gasteiger partial charge on any atom is 0.210 e. The van der Waals surface area contributed by atoms with Gasteiger partial charge in [-0.3, -0.25) is 4.99 Å². The Morgan fingerprint density at radius 3 is 2.75 bits per heavy atom. The summed E-state index contributed by atoms with van der Waals surface area (Å²) in [7, 11) is -3.44. The Morgan fingerprint density at radius 1 is 1.50 bits per heavy atom. The summed E-state index contributed by atoms with van der Waals surface area (Å²) >= 11 is 1.99. The first-order valence-corrected chi connectivity index (χ1v) is 9.38. The first-order valence-electron chi connectivity index (χ1n) is 6.61. The monoisotopic (exact) mass is 436 g/mol. The van der Waals surface area contributed by atoms with Crippen LogP contribution in [0.2, 0.25) is 0 Å². The van der Waals surface area contributed by atoms with E-state index in [1.165, 1.54) is 0 Å². The Kier molecular flexibility index (Phi) is 10.2. The molecule has 0 aromatic heterocycles. The van der Waals surface area contributed by atoms with Gasteiger partial charge >= 0.3 is 0 Å². The van der Waals surface area contributed by atoms with Crippen molar-refractivity contribution in [1.29, 1.82) is 0 Å². The second-order valence-corrected chi connectivity index (χ2v) is 7.59. The zero-order chi connectivity index (χ0) is 14.3. The lowest BCUT2D eigenvalue weighted by molar-refractivity contribution is 0.408. The van der Waals surface area contributed by atoms with Crippen molar-refractivity contribution in [3.63, 3.8) is 0 Å². The molecule has 1 rings (SSSR count). The van der Waals surface area contributed by atoms with Gasteiger partial charge in [-0.2, -0.15) is 11.8 Å². The van der Waals surface area contributed by atoms with Crippen LogP contribution in [0.1, 0.15) is 20.3 Å². The molecule has 0 aromatic rings. The maximum absolute atomic E-state index is 10.9. The second-order valence-electron chi connectivity index (χ2n) is 4.45. The molecule has 20 heavy (non-hydrogen) atoms. The van der Waals surface area contributed by atoms with Gasteiger partial charge in [-0.1, -0.05) is 6.92 Å². The molecular weight excluding hydrogens is 411 g/mol. The van der Waals surface area contributed by atoms with Gasteiger partial charge < -0.3 is 10.2 Å². The number of rotatable bonds is 5. The predicted molar refractivity (Wildman–Crippen MR) is 97.5 cm³/mol. The van der Waals surface area contributed by atoms with Crippen LogP contribution in [0.5, 0.6) is 0 Å². The predicted octanol–water partition coefficient (Wildman–Crippen LogP) is 0.686. The van der Waals surface area contributed by atoms with Gasteiger partial charge in [0.05, 0.1) is 12.3 Å². The van der Waals surface area contributed by atoms with E-state index in [4.69, 9.17) is 5.14 Å². The van der Waals surface area contributed by atoms with Gasteiger partial charge in [-0.25, -0.2) is 13.6 Å². The number of aliphatic imine (C=N–C) groups is 1. The van der Waals surface area contributed by atoms with Crippen LogP contribution in [-0.4, -0.2) is 62.2 Å². The van der Waals surface area contributed by atoms with Crippen LogP contribution in [-0.2, 0) is 10.0 Å². The van der Waals surface area contributed by atoms with Gasteiger partial charge in [0.1, 0.15) is 0 Å². The molecule has 3 N–H and O–H groups in total. The summed E-state index contributed by atoms with van der Waals surface area (Å²) in [6.45, 7) is 7.08. The fourth-order valence-corrected chi connectivity index (χ4v) is 3.39. The van der Waals surface area contributed by atoms with E-state index in [0.717, 1.165) is 37.8 Å². The number of nitrogens with zero attached hydrogens (tertiary/aromatic N) is 2. The van der Waals surface area contributed by atoms with Gasteiger partial charge in [0.15, 0.2) is 5.96 Å². The van der Waals surface area contributed by atoms with Gasteiger partial charge in [-0.05, 0) is 13.3 Å². The van der Waals surface area contributed by atoms with E-state index in [0.29, 0.717) is 5.25 Å². The highest BCUT2D eigenvalue weighted by molar-refractivity contribution is 14.0. The highest BCUT2D eigenvalue weighted by Gasteiger charge is 2.21. The summed E-state index contributed by atoms with van der Waals surface area (Å²) in [5.74, 6) is 1.77. The average Bonchev–Trinajstić information content (AvgIpc) is 2.36. The molecule has 0 aliphatic carbocycles. The fourth-order valence-electron chi connectivity index (χ4n) is 1.86. The molecule has 0 amide bonds. The third kappa shape index (κ3) is 7.89. The molecule has 1 saturated heterocycles. The van der Waals surface area contributed by atoms with E-state index in [9.17, 15) is 8.42 Å². The maximum atomic E-state index is 10.9. The summed E-state index contributed by atoms with van der Waals surface area (Å²) in [6, 6.07) is 0. The summed E-state index contributed by atoms with van der Waals surface area (Å²) < 4.78 is 21.8. The van der Waals surface area contributed by atoms with Crippen molar-refractivity contribution >= 4 is 51.7 Å². The van der Waals surface area contributed by atoms with Gasteiger partial charge in [0, 0.05) is 30.6 Å². The third-order valence-corrected chi connectivity index (χ3v) is 4.99. The third-order valence-electron chi connectivity index (χ3n) is 2.87. The SMILES string of the molecule is CCNC(=NCCS(N)(=O)=O)N1CCSC(CC)C1.I. The summed E-state index contributed by atoms with van der Waals surface area (Å²) in [5, 5.41) is 8.82. The highest BCUT2D eigenvalue weighted by atomic mass is 127. The number of hydrogen-bond donors (Lipinski definition) is 2. The molecular formula is C11H25IN4O2S2. The van der Waals surface area contributed by atoms with Crippen molar-refractivity contribution in [2.24, 2.45) is 10.1 Å². The minimum Gasteiger partial charge on any atom is -0.357 e. The number of nitrogens with two attached hydrogens (primary N) is 1. The van der Waals surface area contributed by atoms with Crippen LogP contribution in [0.25, 0.3) is 0 Å².